The summed E-state index contributed by atoms with van der Waals surface area (Å²) in [7, 11) is 0. The zero-order valence-electron chi connectivity index (χ0n) is 22.2. The predicted molar refractivity (Wildman–Crippen MR) is 166 cm³/mol. The van der Waals surface area contributed by atoms with Crippen LogP contribution in [0.1, 0.15) is 23.6 Å². The van der Waals surface area contributed by atoms with Crippen LogP contribution in [0.4, 0.5) is 17.1 Å². The Kier molecular flexibility index (Phi) is 4.99. The predicted octanol–water partition coefficient (Wildman–Crippen LogP) is 10.4. The highest BCUT2D eigenvalue weighted by atomic mass is 16.3. The van der Waals surface area contributed by atoms with Crippen LogP contribution in [0, 0.1) is 0 Å². The summed E-state index contributed by atoms with van der Waals surface area (Å²) in [6.45, 7) is 2.37. The molecule has 1 heterocycles. The van der Waals surface area contributed by atoms with Gasteiger partial charge >= 0.3 is 0 Å². The van der Waals surface area contributed by atoms with Crippen LogP contribution >= 0.6 is 0 Å². The minimum atomic E-state index is -0.307. The fourth-order valence-corrected chi connectivity index (χ4v) is 6.75. The number of nitrogens with zero attached hydrogens (tertiary/aromatic N) is 1. The molecule has 0 unspecified atom stereocenters. The van der Waals surface area contributed by atoms with Crippen molar-refractivity contribution < 1.29 is 4.42 Å². The quantitative estimate of drug-likeness (QED) is 0.233. The average Bonchev–Trinajstić information content (AvgIpc) is 3.53. The highest BCUT2D eigenvalue weighted by molar-refractivity contribution is 6.12. The van der Waals surface area contributed by atoms with Gasteiger partial charge in [-0.2, -0.15) is 0 Å². The fourth-order valence-electron chi connectivity index (χ4n) is 6.75. The number of hydrogen-bond acceptors (Lipinski definition) is 2. The van der Waals surface area contributed by atoms with Crippen molar-refractivity contribution in [3.63, 3.8) is 0 Å². The van der Waals surface area contributed by atoms with Crippen LogP contribution in [0.15, 0.2) is 150 Å². The van der Waals surface area contributed by atoms with Crippen molar-refractivity contribution in [2.75, 3.05) is 4.90 Å². The van der Waals surface area contributed by atoms with Crippen molar-refractivity contribution in [1.29, 1.82) is 0 Å². The van der Waals surface area contributed by atoms with E-state index in [0.717, 1.165) is 33.6 Å². The number of rotatable bonds is 4. The molecule has 1 aromatic heterocycles. The molecule has 2 heteroatoms. The normalized spacial score (nSPS) is 13.3. The number of benzene rings is 6. The first-order valence-corrected chi connectivity index (χ1v) is 13.8. The van der Waals surface area contributed by atoms with Gasteiger partial charge in [-0.25, -0.2) is 0 Å². The molecule has 8 rings (SSSR count). The van der Waals surface area contributed by atoms with Crippen molar-refractivity contribution >= 4 is 39.0 Å². The fraction of sp³-hybridized carbons (Fsp3) is 0.0526. The third-order valence-corrected chi connectivity index (χ3v) is 8.53. The van der Waals surface area contributed by atoms with E-state index in [-0.39, 0.29) is 5.41 Å². The molecule has 40 heavy (non-hydrogen) atoms. The second-order valence-electron chi connectivity index (χ2n) is 10.7. The lowest BCUT2D eigenvalue weighted by Crippen LogP contribution is -2.22. The highest BCUT2D eigenvalue weighted by Crippen LogP contribution is 2.54. The molecular formula is C38H27NO. The molecule has 0 N–H and O–H groups in total. The Morgan fingerprint density at radius 3 is 1.65 bits per heavy atom. The van der Waals surface area contributed by atoms with E-state index in [1.54, 1.807) is 0 Å². The molecule has 1 aliphatic carbocycles. The molecule has 0 spiro atoms. The van der Waals surface area contributed by atoms with E-state index in [1.165, 1.54) is 33.2 Å². The number of anilines is 3. The molecule has 0 fully saturated rings. The van der Waals surface area contributed by atoms with Crippen LogP contribution in [0.25, 0.3) is 33.1 Å². The summed E-state index contributed by atoms with van der Waals surface area (Å²) in [6.07, 6.45) is 0. The van der Waals surface area contributed by atoms with Crippen molar-refractivity contribution in [2.24, 2.45) is 0 Å². The third-order valence-electron chi connectivity index (χ3n) is 8.53. The molecule has 1 aliphatic rings. The summed E-state index contributed by atoms with van der Waals surface area (Å²) < 4.78 is 6.79. The Labute approximate surface area is 233 Å². The number of fused-ring (bicyclic) bond motifs is 6. The summed E-state index contributed by atoms with van der Waals surface area (Å²) in [6, 6.07) is 51.7. The SMILES string of the molecule is CC1(c2cccc3oc4c(N(c5ccccc5)c5ccccc5)cccc4c23)c2ccccc2-c2ccccc21. The van der Waals surface area contributed by atoms with E-state index in [1.807, 2.05) is 0 Å². The maximum Gasteiger partial charge on any atom is 0.159 e. The lowest BCUT2D eigenvalue weighted by Gasteiger charge is -2.29. The molecule has 7 aromatic rings. The lowest BCUT2D eigenvalue weighted by molar-refractivity contribution is 0.666. The van der Waals surface area contributed by atoms with E-state index in [4.69, 9.17) is 4.42 Å². The van der Waals surface area contributed by atoms with E-state index in [2.05, 4.69) is 157 Å². The van der Waals surface area contributed by atoms with E-state index < -0.39 is 0 Å². The third kappa shape index (κ3) is 3.17. The summed E-state index contributed by atoms with van der Waals surface area (Å²) >= 11 is 0. The molecule has 2 nitrogen and oxygen atoms in total. The van der Waals surface area contributed by atoms with Gasteiger partial charge in [0.2, 0.25) is 0 Å². The summed E-state index contributed by atoms with van der Waals surface area (Å²) in [5.74, 6) is 0. The Hall–Kier alpha value is -5.08. The Bertz CT molecular complexity index is 1940. The monoisotopic (exact) mass is 513 g/mol. The van der Waals surface area contributed by atoms with E-state index >= 15 is 0 Å². The molecular weight excluding hydrogens is 486 g/mol. The molecule has 190 valence electrons. The van der Waals surface area contributed by atoms with Crippen molar-refractivity contribution in [1.82, 2.24) is 0 Å². The summed E-state index contributed by atoms with van der Waals surface area (Å²) in [5, 5.41) is 2.30. The van der Waals surface area contributed by atoms with Gasteiger partial charge in [0.25, 0.3) is 0 Å². The van der Waals surface area contributed by atoms with Gasteiger partial charge in [-0.3, -0.25) is 0 Å². The molecule has 0 radical (unpaired) electrons. The molecule has 0 bridgehead atoms. The topological polar surface area (TPSA) is 16.4 Å². The molecule has 0 amide bonds. The van der Waals surface area contributed by atoms with Gasteiger partial charge in [0, 0.05) is 27.6 Å². The van der Waals surface area contributed by atoms with Gasteiger partial charge in [-0.05, 0) is 71.1 Å². The zero-order chi connectivity index (χ0) is 26.7. The lowest BCUT2D eigenvalue weighted by atomic mass is 9.73. The second kappa shape index (κ2) is 8.72. The Balaban J connectivity index is 1.43. The first-order chi connectivity index (χ1) is 19.7. The van der Waals surface area contributed by atoms with E-state index in [9.17, 15) is 0 Å². The Morgan fingerprint density at radius 2 is 1.02 bits per heavy atom. The first-order valence-electron chi connectivity index (χ1n) is 13.8. The van der Waals surface area contributed by atoms with Gasteiger partial charge in [0.1, 0.15) is 5.58 Å². The maximum atomic E-state index is 6.79. The number of hydrogen-bond donors (Lipinski definition) is 0. The van der Waals surface area contributed by atoms with Crippen LogP contribution in [-0.4, -0.2) is 0 Å². The number of furan rings is 1. The van der Waals surface area contributed by atoms with Crippen LogP contribution in [-0.2, 0) is 5.41 Å². The number of para-hydroxylation sites is 3. The maximum absolute atomic E-state index is 6.79. The average molecular weight is 514 g/mol. The Morgan fingerprint density at radius 1 is 0.500 bits per heavy atom. The molecule has 0 atom stereocenters. The largest absolute Gasteiger partial charge is 0.454 e. The molecule has 0 saturated carbocycles. The van der Waals surface area contributed by atoms with Crippen molar-refractivity contribution in [3.05, 3.63) is 162 Å². The van der Waals surface area contributed by atoms with Gasteiger partial charge < -0.3 is 9.32 Å². The van der Waals surface area contributed by atoms with Crippen molar-refractivity contribution in [3.8, 4) is 11.1 Å². The van der Waals surface area contributed by atoms with Gasteiger partial charge in [0.15, 0.2) is 5.58 Å². The van der Waals surface area contributed by atoms with Crippen LogP contribution < -0.4 is 4.90 Å². The molecule has 0 aliphatic heterocycles. The minimum Gasteiger partial charge on any atom is -0.454 e. The van der Waals surface area contributed by atoms with Gasteiger partial charge in [-0.15, -0.1) is 0 Å². The molecule has 6 aromatic carbocycles. The summed E-state index contributed by atoms with van der Waals surface area (Å²) in [4.78, 5) is 2.28. The van der Waals surface area contributed by atoms with Crippen LogP contribution in [0.2, 0.25) is 0 Å². The highest BCUT2D eigenvalue weighted by Gasteiger charge is 2.42. The van der Waals surface area contributed by atoms with Crippen molar-refractivity contribution in [2.45, 2.75) is 12.3 Å². The smallest absolute Gasteiger partial charge is 0.159 e. The zero-order valence-corrected chi connectivity index (χ0v) is 22.2. The summed E-state index contributed by atoms with van der Waals surface area (Å²) in [5.41, 5.74) is 11.3. The molecule has 0 saturated heterocycles. The standard InChI is InChI=1S/C38H27NO/c1-38(31-21-10-8-18-28(31)29-19-9-11-22-32(29)38)33-23-13-25-35-36(33)30-20-12-24-34(37(30)40-35)39(26-14-4-2-5-15-26)27-16-6-3-7-17-27/h2-25H,1H3. The van der Waals surface area contributed by atoms with E-state index in [0.29, 0.717) is 0 Å². The van der Waals surface area contributed by atoms with Gasteiger partial charge in [0.05, 0.1) is 5.69 Å². The van der Waals surface area contributed by atoms with Gasteiger partial charge in [-0.1, -0.05) is 109 Å². The van der Waals surface area contributed by atoms with Crippen LogP contribution in [0.3, 0.4) is 0 Å². The minimum absolute atomic E-state index is 0.307. The first kappa shape index (κ1) is 22.9. The van der Waals surface area contributed by atoms with Crippen LogP contribution in [0.5, 0.6) is 0 Å². The second-order valence-corrected chi connectivity index (χ2v) is 10.7.